The van der Waals surface area contributed by atoms with Gasteiger partial charge in [0.2, 0.25) is 0 Å². The van der Waals surface area contributed by atoms with Crippen molar-refractivity contribution >= 4 is 6.03 Å². The summed E-state index contributed by atoms with van der Waals surface area (Å²) in [7, 11) is 1.89. The molecule has 6 nitrogen and oxygen atoms in total. The Morgan fingerprint density at radius 3 is 3.08 bits per heavy atom. The van der Waals surface area contributed by atoms with Crippen molar-refractivity contribution in [2.24, 2.45) is 0 Å². The second kappa shape index (κ2) is 6.26. The Bertz CT molecular complexity index is 754. The van der Waals surface area contributed by atoms with Gasteiger partial charge in [0.05, 0.1) is 12.6 Å². The first-order valence-corrected chi connectivity index (χ1v) is 8.73. The van der Waals surface area contributed by atoms with Crippen LogP contribution in [-0.2, 0) is 25.9 Å². The van der Waals surface area contributed by atoms with Crippen LogP contribution in [0.2, 0.25) is 0 Å². The Kier molecular flexibility index (Phi) is 3.96. The number of urea groups is 1. The van der Waals surface area contributed by atoms with Crippen LogP contribution in [0.15, 0.2) is 24.3 Å². The number of nitrogens with one attached hydrogen (secondary N) is 1. The number of amides is 2. The molecule has 1 aliphatic carbocycles. The first-order valence-electron chi connectivity index (χ1n) is 8.73. The summed E-state index contributed by atoms with van der Waals surface area (Å²) in [6.07, 6.45) is 5.34. The van der Waals surface area contributed by atoms with Crippen LogP contribution < -0.4 is 5.32 Å². The standard InChI is InChI=1S/C18H23N5O/c1-22(15-9-4-7-13-6-2-3-8-14(13)15)18(24)19-12-17-21-20-16-10-5-11-23(16)17/h2-3,6,8,15H,4-5,7,9-12H2,1H3,(H,19,24)/t15-/m1/s1. The van der Waals surface area contributed by atoms with Crippen LogP contribution in [0.3, 0.4) is 0 Å². The summed E-state index contributed by atoms with van der Waals surface area (Å²) in [5.74, 6) is 1.89. The van der Waals surface area contributed by atoms with Crippen LogP contribution in [0.25, 0.3) is 0 Å². The molecule has 4 rings (SSSR count). The number of carbonyl (C=O) groups excluding carboxylic acids is 1. The molecular weight excluding hydrogens is 302 g/mol. The molecule has 0 saturated heterocycles. The molecule has 126 valence electrons. The van der Waals surface area contributed by atoms with Crippen molar-refractivity contribution < 1.29 is 4.79 Å². The van der Waals surface area contributed by atoms with E-state index in [9.17, 15) is 4.79 Å². The van der Waals surface area contributed by atoms with E-state index in [2.05, 4.69) is 44.3 Å². The van der Waals surface area contributed by atoms with Gasteiger partial charge in [-0.25, -0.2) is 4.79 Å². The number of aromatic nitrogens is 3. The molecule has 2 aliphatic rings. The molecule has 0 bridgehead atoms. The van der Waals surface area contributed by atoms with E-state index >= 15 is 0 Å². The topological polar surface area (TPSA) is 63.1 Å². The van der Waals surface area contributed by atoms with E-state index in [1.54, 1.807) is 0 Å². The van der Waals surface area contributed by atoms with Crippen molar-refractivity contribution in [2.45, 2.75) is 51.2 Å². The van der Waals surface area contributed by atoms with E-state index in [0.717, 1.165) is 50.3 Å². The average molecular weight is 325 g/mol. The highest BCUT2D eigenvalue weighted by atomic mass is 16.2. The number of nitrogens with zero attached hydrogens (tertiary/aromatic N) is 4. The molecule has 1 aliphatic heterocycles. The minimum absolute atomic E-state index is 0.0490. The molecule has 1 atom stereocenters. The van der Waals surface area contributed by atoms with Gasteiger partial charge in [-0.3, -0.25) is 0 Å². The molecule has 2 aromatic rings. The number of hydrogen-bond acceptors (Lipinski definition) is 3. The van der Waals surface area contributed by atoms with Gasteiger partial charge in [0.15, 0.2) is 5.82 Å². The fourth-order valence-electron chi connectivity index (χ4n) is 3.89. The number of carbonyl (C=O) groups is 1. The van der Waals surface area contributed by atoms with Crippen LogP contribution in [0, 0.1) is 0 Å². The zero-order valence-corrected chi connectivity index (χ0v) is 14.0. The Balaban J connectivity index is 1.43. The van der Waals surface area contributed by atoms with Crippen LogP contribution in [0.1, 0.15) is 48.1 Å². The molecular formula is C18H23N5O. The number of hydrogen-bond donors (Lipinski definition) is 1. The summed E-state index contributed by atoms with van der Waals surface area (Å²) in [4.78, 5) is 14.4. The van der Waals surface area contributed by atoms with Crippen molar-refractivity contribution in [3.63, 3.8) is 0 Å². The van der Waals surface area contributed by atoms with Gasteiger partial charge >= 0.3 is 6.03 Å². The van der Waals surface area contributed by atoms with Gasteiger partial charge in [0, 0.05) is 20.0 Å². The smallest absolute Gasteiger partial charge is 0.318 e. The molecule has 0 saturated carbocycles. The highest BCUT2D eigenvalue weighted by molar-refractivity contribution is 5.74. The van der Waals surface area contributed by atoms with Gasteiger partial charge in [-0.15, -0.1) is 10.2 Å². The van der Waals surface area contributed by atoms with Crippen LogP contribution in [0.4, 0.5) is 4.79 Å². The van der Waals surface area contributed by atoms with Crippen LogP contribution in [-0.4, -0.2) is 32.7 Å². The molecule has 2 amide bonds. The van der Waals surface area contributed by atoms with Crippen molar-refractivity contribution in [1.29, 1.82) is 0 Å². The van der Waals surface area contributed by atoms with E-state index in [1.807, 2.05) is 11.9 Å². The van der Waals surface area contributed by atoms with Gasteiger partial charge < -0.3 is 14.8 Å². The highest BCUT2D eigenvalue weighted by Gasteiger charge is 2.26. The molecule has 6 heteroatoms. The molecule has 0 spiro atoms. The van der Waals surface area contributed by atoms with E-state index in [-0.39, 0.29) is 12.1 Å². The fourth-order valence-corrected chi connectivity index (χ4v) is 3.89. The summed E-state index contributed by atoms with van der Waals surface area (Å²) in [5, 5.41) is 11.4. The van der Waals surface area contributed by atoms with Gasteiger partial charge in [0.25, 0.3) is 0 Å². The van der Waals surface area contributed by atoms with Gasteiger partial charge in [-0.1, -0.05) is 24.3 Å². The van der Waals surface area contributed by atoms with E-state index in [0.29, 0.717) is 6.54 Å². The SMILES string of the molecule is CN(C(=O)NCc1nnc2n1CCC2)[C@@H]1CCCc2ccccc21. The fraction of sp³-hybridized carbons (Fsp3) is 0.500. The maximum atomic E-state index is 12.6. The quantitative estimate of drug-likeness (QED) is 0.943. The first-order chi connectivity index (χ1) is 11.7. The zero-order valence-electron chi connectivity index (χ0n) is 14.0. The molecule has 1 aromatic carbocycles. The Labute approximate surface area is 141 Å². The number of aryl methyl sites for hydroxylation is 2. The first kappa shape index (κ1) is 15.2. The van der Waals surface area contributed by atoms with Crippen molar-refractivity contribution in [3.05, 3.63) is 47.0 Å². The predicted molar refractivity (Wildman–Crippen MR) is 90.5 cm³/mol. The van der Waals surface area contributed by atoms with Gasteiger partial charge in [-0.2, -0.15) is 0 Å². The number of fused-ring (bicyclic) bond motifs is 2. The van der Waals surface area contributed by atoms with Crippen molar-refractivity contribution in [3.8, 4) is 0 Å². The lowest BCUT2D eigenvalue weighted by molar-refractivity contribution is 0.183. The second-order valence-corrected chi connectivity index (χ2v) is 6.66. The van der Waals surface area contributed by atoms with Gasteiger partial charge in [0.1, 0.15) is 5.82 Å². The van der Waals surface area contributed by atoms with E-state index in [1.165, 1.54) is 11.1 Å². The summed E-state index contributed by atoms with van der Waals surface area (Å²) in [5.41, 5.74) is 2.65. The lowest BCUT2D eigenvalue weighted by Gasteiger charge is -2.33. The lowest BCUT2D eigenvalue weighted by atomic mass is 9.87. The summed E-state index contributed by atoms with van der Waals surface area (Å²) in [6, 6.07) is 8.56. The minimum Gasteiger partial charge on any atom is -0.331 e. The summed E-state index contributed by atoms with van der Waals surface area (Å²) >= 11 is 0. The maximum Gasteiger partial charge on any atom is 0.318 e. The van der Waals surface area contributed by atoms with Crippen molar-refractivity contribution in [1.82, 2.24) is 25.0 Å². The van der Waals surface area contributed by atoms with E-state index in [4.69, 9.17) is 0 Å². The Morgan fingerprint density at radius 1 is 1.29 bits per heavy atom. The minimum atomic E-state index is -0.0490. The number of benzene rings is 1. The third-order valence-corrected chi connectivity index (χ3v) is 5.21. The summed E-state index contributed by atoms with van der Waals surface area (Å²) < 4.78 is 2.12. The molecule has 0 radical (unpaired) electrons. The average Bonchev–Trinajstić information content (AvgIpc) is 3.22. The van der Waals surface area contributed by atoms with E-state index < -0.39 is 0 Å². The summed E-state index contributed by atoms with van der Waals surface area (Å²) in [6.45, 7) is 1.39. The predicted octanol–water partition coefficient (Wildman–Crippen LogP) is 2.44. The Morgan fingerprint density at radius 2 is 2.17 bits per heavy atom. The lowest BCUT2D eigenvalue weighted by Crippen LogP contribution is -2.40. The molecule has 1 aromatic heterocycles. The van der Waals surface area contributed by atoms with Crippen LogP contribution in [0.5, 0.6) is 0 Å². The molecule has 0 fully saturated rings. The molecule has 0 unspecified atom stereocenters. The van der Waals surface area contributed by atoms with Crippen LogP contribution >= 0.6 is 0 Å². The third-order valence-electron chi connectivity index (χ3n) is 5.21. The third kappa shape index (κ3) is 2.66. The highest BCUT2D eigenvalue weighted by Crippen LogP contribution is 2.33. The monoisotopic (exact) mass is 325 g/mol. The molecule has 24 heavy (non-hydrogen) atoms. The Hall–Kier alpha value is -2.37. The van der Waals surface area contributed by atoms with Crippen molar-refractivity contribution in [2.75, 3.05) is 7.05 Å². The zero-order chi connectivity index (χ0) is 16.5. The normalized spacial score (nSPS) is 18.8. The van der Waals surface area contributed by atoms with Gasteiger partial charge in [-0.05, 0) is 36.8 Å². The molecule has 1 N–H and O–H groups in total. The molecule has 2 heterocycles. The second-order valence-electron chi connectivity index (χ2n) is 6.66. The largest absolute Gasteiger partial charge is 0.331 e. The maximum absolute atomic E-state index is 12.6. The number of rotatable bonds is 3.